The van der Waals surface area contributed by atoms with E-state index in [0.717, 1.165) is 21.9 Å². The van der Waals surface area contributed by atoms with Crippen LogP contribution < -0.4 is 5.32 Å². The van der Waals surface area contributed by atoms with Gasteiger partial charge >= 0.3 is 0 Å². The van der Waals surface area contributed by atoms with Gasteiger partial charge in [0.25, 0.3) is 5.91 Å². The fraction of sp³-hybridized carbons (Fsp3) is 0.250. The van der Waals surface area contributed by atoms with Crippen molar-refractivity contribution in [3.05, 3.63) is 51.4 Å². The number of rotatable bonds is 4. The first-order chi connectivity index (χ1) is 10.5. The number of aromatic amines is 1. The van der Waals surface area contributed by atoms with Gasteiger partial charge in [0, 0.05) is 34.9 Å². The summed E-state index contributed by atoms with van der Waals surface area (Å²) in [6.07, 6.45) is 0.686. The number of nitrogens with zero attached hydrogens (tertiary/aromatic N) is 1. The molecule has 6 heteroatoms. The molecule has 0 aliphatic carbocycles. The Hall–Kier alpha value is -2.21. The predicted octanol–water partition coefficient (Wildman–Crippen LogP) is 3.35. The number of hydrogen-bond acceptors (Lipinski definition) is 3. The minimum atomic E-state index is -0.349. The zero-order valence-corrected chi connectivity index (χ0v) is 13.2. The number of H-pyrrole nitrogens is 1. The van der Waals surface area contributed by atoms with E-state index in [9.17, 15) is 9.18 Å². The van der Waals surface area contributed by atoms with Gasteiger partial charge in [-0.3, -0.25) is 4.79 Å². The predicted molar refractivity (Wildman–Crippen MR) is 85.9 cm³/mol. The Labute approximate surface area is 131 Å². The number of fused-ring (bicyclic) bond motifs is 1. The van der Waals surface area contributed by atoms with E-state index in [4.69, 9.17) is 0 Å². The maximum absolute atomic E-state index is 13.4. The number of carbonyl (C=O) groups is 1. The molecule has 0 aliphatic heterocycles. The fourth-order valence-electron chi connectivity index (χ4n) is 2.51. The van der Waals surface area contributed by atoms with Crippen LogP contribution in [0.5, 0.6) is 0 Å². The Kier molecular flexibility index (Phi) is 3.94. The van der Waals surface area contributed by atoms with Gasteiger partial charge in [-0.25, -0.2) is 9.37 Å². The molecule has 3 rings (SSSR count). The van der Waals surface area contributed by atoms with Gasteiger partial charge in [0.1, 0.15) is 5.82 Å². The monoisotopic (exact) mass is 317 g/mol. The van der Waals surface area contributed by atoms with Crippen LogP contribution in [0.1, 0.15) is 26.8 Å². The molecule has 22 heavy (non-hydrogen) atoms. The Morgan fingerprint density at radius 2 is 2.23 bits per heavy atom. The van der Waals surface area contributed by atoms with Crippen molar-refractivity contribution in [2.24, 2.45) is 0 Å². The maximum Gasteiger partial charge on any atom is 0.253 e. The highest BCUT2D eigenvalue weighted by molar-refractivity contribution is 7.09. The van der Waals surface area contributed by atoms with Crippen molar-refractivity contribution in [3.8, 4) is 0 Å². The normalized spacial score (nSPS) is 11.0. The molecule has 4 nitrogen and oxygen atoms in total. The minimum Gasteiger partial charge on any atom is -0.358 e. The van der Waals surface area contributed by atoms with E-state index in [-0.39, 0.29) is 11.7 Å². The highest BCUT2D eigenvalue weighted by Crippen LogP contribution is 2.23. The molecule has 0 saturated heterocycles. The molecule has 0 aliphatic rings. The minimum absolute atomic E-state index is 0.193. The van der Waals surface area contributed by atoms with E-state index in [0.29, 0.717) is 23.9 Å². The van der Waals surface area contributed by atoms with Crippen molar-refractivity contribution < 1.29 is 9.18 Å². The Morgan fingerprint density at radius 3 is 2.95 bits per heavy atom. The van der Waals surface area contributed by atoms with Gasteiger partial charge in [-0.15, -0.1) is 11.3 Å². The van der Waals surface area contributed by atoms with Crippen LogP contribution in [-0.2, 0) is 6.42 Å². The van der Waals surface area contributed by atoms with Crippen LogP contribution in [0.15, 0.2) is 23.6 Å². The lowest BCUT2D eigenvalue weighted by molar-refractivity contribution is 0.0955. The third-order valence-corrected chi connectivity index (χ3v) is 4.33. The molecule has 0 bridgehead atoms. The van der Waals surface area contributed by atoms with Crippen molar-refractivity contribution in [1.29, 1.82) is 0 Å². The number of thiazole rings is 1. The molecule has 114 valence electrons. The fourth-order valence-corrected chi connectivity index (χ4v) is 3.15. The molecule has 2 aromatic heterocycles. The van der Waals surface area contributed by atoms with E-state index in [1.807, 2.05) is 19.2 Å². The zero-order valence-electron chi connectivity index (χ0n) is 12.4. The summed E-state index contributed by atoms with van der Waals surface area (Å²) in [6, 6.07) is 4.41. The second-order valence-corrected chi connectivity index (χ2v) is 6.24. The average Bonchev–Trinajstić information content (AvgIpc) is 3.01. The lowest BCUT2D eigenvalue weighted by Crippen LogP contribution is -2.26. The number of halogens is 1. The molecule has 0 saturated carbocycles. The number of carbonyl (C=O) groups excluding carboxylic acids is 1. The summed E-state index contributed by atoms with van der Waals surface area (Å²) in [5.74, 6) is -0.542. The van der Waals surface area contributed by atoms with E-state index < -0.39 is 0 Å². The number of amides is 1. The summed E-state index contributed by atoms with van der Waals surface area (Å²) >= 11 is 1.60. The van der Waals surface area contributed by atoms with Gasteiger partial charge in [0.15, 0.2) is 0 Å². The lowest BCUT2D eigenvalue weighted by Gasteiger charge is -2.04. The largest absolute Gasteiger partial charge is 0.358 e. The Balaban J connectivity index is 1.74. The number of aryl methyl sites for hydroxylation is 2. The summed E-state index contributed by atoms with van der Waals surface area (Å²) in [4.78, 5) is 19.8. The molecule has 3 aromatic rings. The standard InChI is InChI=1S/C16H16FN3OS/c1-9-15(13-7-11(17)3-4-14(13)19-9)16(21)18-6-5-12-8-22-10(2)20-12/h3-4,7-8,19H,5-6H2,1-2H3,(H,18,21). The first kappa shape index (κ1) is 14.7. The van der Waals surface area contributed by atoms with E-state index >= 15 is 0 Å². The summed E-state index contributed by atoms with van der Waals surface area (Å²) in [7, 11) is 0. The molecule has 1 amide bonds. The number of nitrogens with one attached hydrogen (secondary N) is 2. The van der Waals surface area contributed by atoms with Gasteiger partial charge < -0.3 is 10.3 Å². The lowest BCUT2D eigenvalue weighted by atomic mass is 10.1. The van der Waals surface area contributed by atoms with Crippen LogP contribution in [0.2, 0.25) is 0 Å². The summed E-state index contributed by atoms with van der Waals surface area (Å²) < 4.78 is 13.4. The van der Waals surface area contributed by atoms with Crippen LogP contribution in [0, 0.1) is 19.7 Å². The van der Waals surface area contributed by atoms with Gasteiger partial charge in [-0.1, -0.05) is 0 Å². The second-order valence-electron chi connectivity index (χ2n) is 5.18. The molecule has 2 heterocycles. The van der Waals surface area contributed by atoms with E-state index in [1.54, 1.807) is 17.4 Å². The molecular formula is C16H16FN3OS. The number of hydrogen-bond donors (Lipinski definition) is 2. The topological polar surface area (TPSA) is 57.8 Å². The van der Waals surface area contributed by atoms with Crippen molar-refractivity contribution in [2.45, 2.75) is 20.3 Å². The van der Waals surface area contributed by atoms with Crippen molar-refractivity contribution in [3.63, 3.8) is 0 Å². The molecule has 0 radical (unpaired) electrons. The van der Waals surface area contributed by atoms with Crippen molar-refractivity contribution in [2.75, 3.05) is 6.54 Å². The first-order valence-electron chi connectivity index (χ1n) is 7.01. The van der Waals surface area contributed by atoms with E-state index in [2.05, 4.69) is 15.3 Å². The van der Waals surface area contributed by atoms with Crippen LogP contribution in [0.4, 0.5) is 4.39 Å². The average molecular weight is 317 g/mol. The number of aromatic nitrogens is 2. The first-order valence-corrected chi connectivity index (χ1v) is 7.89. The molecule has 0 fully saturated rings. The maximum atomic E-state index is 13.4. The van der Waals surface area contributed by atoms with Crippen molar-refractivity contribution in [1.82, 2.24) is 15.3 Å². The van der Waals surface area contributed by atoms with Gasteiger partial charge in [-0.05, 0) is 32.0 Å². The molecule has 0 atom stereocenters. The Bertz CT molecular complexity index is 837. The van der Waals surface area contributed by atoms with Crippen LogP contribution in [0.25, 0.3) is 10.9 Å². The zero-order chi connectivity index (χ0) is 15.7. The van der Waals surface area contributed by atoms with Gasteiger partial charge in [0.2, 0.25) is 0 Å². The quantitative estimate of drug-likeness (QED) is 0.775. The van der Waals surface area contributed by atoms with Crippen molar-refractivity contribution >= 4 is 28.1 Å². The molecule has 1 aromatic carbocycles. The highest BCUT2D eigenvalue weighted by atomic mass is 32.1. The highest BCUT2D eigenvalue weighted by Gasteiger charge is 2.16. The van der Waals surface area contributed by atoms with Crippen LogP contribution in [-0.4, -0.2) is 22.4 Å². The van der Waals surface area contributed by atoms with Crippen LogP contribution >= 0.6 is 11.3 Å². The smallest absolute Gasteiger partial charge is 0.253 e. The Morgan fingerprint density at radius 1 is 1.41 bits per heavy atom. The van der Waals surface area contributed by atoms with E-state index in [1.165, 1.54) is 12.1 Å². The number of benzene rings is 1. The summed E-state index contributed by atoms with van der Waals surface area (Å²) in [5, 5.41) is 6.50. The molecule has 0 unspecified atom stereocenters. The molecule has 2 N–H and O–H groups in total. The van der Waals surface area contributed by atoms with Gasteiger partial charge in [0.05, 0.1) is 16.3 Å². The van der Waals surface area contributed by atoms with Gasteiger partial charge in [-0.2, -0.15) is 0 Å². The molecule has 0 spiro atoms. The summed E-state index contributed by atoms with van der Waals surface area (Å²) in [6.45, 7) is 4.27. The third-order valence-electron chi connectivity index (χ3n) is 3.51. The third kappa shape index (κ3) is 2.87. The SMILES string of the molecule is Cc1nc(CCNC(=O)c2c(C)[nH]c3ccc(F)cc23)cs1. The molecular weight excluding hydrogens is 301 g/mol. The van der Waals surface area contributed by atoms with Crippen LogP contribution in [0.3, 0.4) is 0 Å². The summed E-state index contributed by atoms with van der Waals surface area (Å²) in [5.41, 5.74) is 2.98. The second kappa shape index (κ2) is 5.88.